The van der Waals surface area contributed by atoms with E-state index in [1.54, 1.807) is 37.5 Å². The maximum atomic E-state index is 12.9. The summed E-state index contributed by atoms with van der Waals surface area (Å²) in [5.41, 5.74) is 4.31. The van der Waals surface area contributed by atoms with Crippen LogP contribution in [0.25, 0.3) is 17.2 Å². The maximum absolute atomic E-state index is 12.9. The first kappa shape index (κ1) is 28.0. The number of nitrogens with zero attached hydrogens (tertiary/aromatic N) is 3. The largest absolute Gasteiger partial charge is 0.494 e. The van der Waals surface area contributed by atoms with Crippen LogP contribution in [0.15, 0.2) is 89.6 Å². The van der Waals surface area contributed by atoms with Gasteiger partial charge in [-0.15, -0.1) is 10.2 Å². The van der Waals surface area contributed by atoms with Gasteiger partial charge in [0.2, 0.25) is 0 Å². The summed E-state index contributed by atoms with van der Waals surface area (Å²) in [4.78, 5) is 13.5. The Morgan fingerprint density at radius 1 is 1.00 bits per heavy atom. The zero-order chi connectivity index (χ0) is 27.6. The number of carbonyl (C=O) groups is 1. The van der Waals surface area contributed by atoms with Crippen molar-refractivity contribution < 1.29 is 13.7 Å². The molecule has 0 aliphatic carbocycles. The number of rotatable bonds is 12. The second-order valence-corrected chi connectivity index (χ2v) is 10.7. The molecule has 1 atom stereocenters. The van der Waals surface area contributed by atoms with Crippen molar-refractivity contribution in [3.8, 4) is 16.9 Å². The van der Waals surface area contributed by atoms with E-state index in [4.69, 9.17) is 4.74 Å². The standard InChI is InChI=1S/C31H34N4O3S/c1-4-17-35-22-32-34-30(35)21-39(37)29-15-11-27(12-16-29)33-31(36)23(3)19-24-7-6-8-26(20-24)25-9-13-28(14-10-25)38-18-5-2/h6-16,19-20,22H,4-5,17-18,21H2,1-3H3,(H,33,36)/b23-19+. The van der Waals surface area contributed by atoms with Gasteiger partial charge in [-0.05, 0) is 85.0 Å². The third-order valence-electron chi connectivity index (χ3n) is 6.08. The van der Waals surface area contributed by atoms with Gasteiger partial charge in [-0.25, -0.2) is 0 Å². The molecular weight excluding hydrogens is 508 g/mol. The van der Waals surface area contributed by atoms with Crippen LogP contribution in [-0.2, 0) is 27.9 Å². The number of hydrogen-bond acceptors (Lipinski definition) is 5. The first-order valence-corrected chi connectivity index (χ1v) is 14.5. The SMILES string of the molecule is CCCOc1ccc(-c2cccc(/C=C(\C)C(=O)Nc3ccc(S(=O)Cc4nncn4CCC)cc3)c2)cc1. The molecular formula is C31H34N4O3S. The number of amides is 1. The number of nitrogens with one attached hydrogen (secondary N) is 1. The summed E-state index contributed by atoms with van der Waals surface area (Å²) >= 11 is 0. The lowest BCUT2D eigenvalue weighted by atomic mass is 10.0. The summed E-state index contributed by atoms with van der Waals surface area (Å²) in [7, 11) is -1.26. The van der Waals surface area contributed by atoms with E-state index >= 15 is 0 Å². The highest BCUT2D eigenvalue weighted by Crippen LogP contribution is 2.24. The molecule has 8 heteroatoms. The van der Waals surface area contributed by atoms with Gasteiger partial charge in [-0.2, -0.15) is 0 Å². The van der Waals surface area contributed by atoms with Crippen LogP contribution in [0, 0.1) is 0 Å². The summed E-state index contributed by atoms with van der Waals surface area (Å²) in [5.74, 6) is 1.67. The van der Waals surface area contributed by atoms with Crippen LogP contribution in [0.5, 0.6) is 5.75 Å². The van der Waals surface area contributed by atoms with E-state index < -0.39 is 10.8 Å². The van der Waals surface area contributed by atoms with Crippen LogP contribution < -0.4 is 10.1 Å². The molecule has 0 saturated carbocycles. The fourth-order valence-corrected chi connectivity index (χ4v) is 5.09. The average molecular weight is 543 g/mol. The van der Waals surface area contributed by atoms with Crippen LogP contribution in [0.1, 0.15) is 45.0 Å². The first-order chi connectivity index (χ1) is 19.0. The molecule has 7 nitrogen and oxygen atoms in total. The van der Waals surface area contributed by atoms with Crippen molar-refractivity contribution in [1.29, 1.82) is 0 Å². The zero-order valence-corrected chi connectivity index (χ0v) is 23.4. The van der Waals surface area contributed by atoms with Crippen molar-refractivity contribution in [3.63, 3.8) is 0 Å². The van der Waals surface area contributed by atoms with Gasteiger partial charge in [0.05, 0.1) is 23.2 Å². The molecule has 0 saturated heterocycles. The van der Waals surface area contributed by atoms with Crippen molar-refractivity contribution in [2.24, 2.45) is 0 Å². The molecule has 1 unspecified atom stereocenters. The van der Waals surface area contributed by atoms with Crippen LogP contribution in [0.4, 0.5) is 5.69 Å². The Bertz CT molecular complexity index is 1440. The predicted octanol–water partition coefficient (Wildman–Crippen LogP) is 6.49. The maximum Gasteiger partial charge on any atom is 0.251 e. The smallest absolute Gasteiger partial charge is 0.251 e. The van der Waals surface area contributed by atoms with Crippen molar-refractivity contribution in [1.82, 2.24) is 14.8 Å². The molecule has 1 N–H and O–H groups in total. The van der Waals surface area contributed by atoms with Crippen molar-refractivity contribution in [3.05, 3.63) is 96.1 Å². The summed E-state index contributed by atoms with van der Waals surface area (Å²) < 4.78 is 20.4. The fourth-order valence-electron chi connectivity index (χ4n) is 4.03. The summed E-state index contributed by atoms with van der Waals surface area (Å²) in [6.45, 7) is 7.45. The third kappa shape index (κ3) is 7.74. The minimum absolute atomic E-state index is 0.195. The first-order valence-electron chi connectivity index (χ1n) is 13.1. The van der Waals surface area contributed by atoms with E-state index in [-0.39, 0.29) is 5.91 Å². The van der Waals surface area contributed by atoms with Gasteiger partial charge in [0.1, 0.15) is 17.9 Å². The number of ether oxygens (including phenoxy) is 1. The third-order valence-corrected chi connectivity index (χ3v) is 7.40. The van der Waals surface area contributed by atoms with Gasteiger partial charge in [0.15, 0.2) is 0 Å². The molecule has 0 bridgehead atoms. The van der Waals surface area contributed by atoms with Crippen LogP contribution in [0.3, 0.4) is 0 Å². The van der Waals surface area contributed by atoms with E-state index in [1.807, 2.05) is 53.1 Å². The highest BCUT2D eigenvalue weighted by atomic mass is 32.2. The Labute approximate surface area is 232 Å². The van der Waals surface area contributed by atoms with E-state index in [9.17, 15) is 9.00 Å². The zero-order valence-electron chi connectivity index (χ0n) is 22.6. The minimum Gasteiger partial charge on any atom is -0.494 e. The Balaban J connectivity index is 1.37. The van der Waals surface area contributed by atoms with E-state index in [0.717, 1.165) is 41.8 Å². The molecule has 202 valence electrons. The van der Waals surface area contributed by atoms with Crippen molar-refractivity contribution in [2.75, 3.05) is 11.9 Å². The number of benzene rings is 3. The lowest BCUT2D eigenvalue weighted by molar-refractivity contribution is -0.112. The van der Waals surface area contributed by atoms with E-state index in [2.05, 4.69) is 35.4 Å². The highest BCUT2D eigenvalue weighted by molar-refractivity contribution is 7.84. The molecule has 0 aliphatic rings. The fraction of sp³-hybridized carbons (Fsp3) is 0.258. The number of hydrogen-bond donors (Lipinski definition) is 1. The topological polar surface area (TPSA) is 86.1 Å². The van der Waals surface area contributed by atoms with Crippen molar-refractivity contribution in [2.45, 2.75) is 50.8 Å². The second kappa shape index (κ2) is 13.7. The predicted molar refractivity (Wildman–Crippen MR) is 157 cm³/mol. The summed E-state index contributed by atoms with van der Waals surface area (Å²) in [6, 6.07) is 23.2. The average Bonchev–Trinajstić information content (AvgIpc) is 3.39. The molecule has 1 aromatic heterocycles. The van der Waals surface area contributed by atoms with Gasteiger partial charge in [0, 0.05) is 22.7 Å². The normalized spacial score (nSPS) is 12.2. The molecule has 0 fully saturated rings. The van der Waals surface area contributed by atoms with Crippen LogP contribution in [0.2, 0.25) is 0 Å². The molecule has 4 rings (SSSR count). The van der Waals surface area contributed by atoms with Gasteiger partial charge < -0.3 is 14.6 Å². The molecule has 0 aliphatic heterocycles. The summed E-state index contributed by atoms with van der Waals surface area (Å²) in [6.07, 6.45) is 5.46. The Hall–Kier alpha value is -4.04. The van der Waals surface area contributed by atoms with Gasteiger partial charge >= 0.3 is 0 Å². The lowest BCUT2D eigenvalue weighted by Crippen LogP contribution is -2.12. The second-order valence-electron chi connectivity index (χ2n) is 9.23. The Morgan fingerprint density at radius 3 is 2.49 bits per heavy atom. The molecule has 39 heavy (non-hydrogen) atoms. The van der Waals surface area contributed by atoms with Crippen molar-refractivity contribution >= 4 is 28.5 Å². The lowest BCUT2D eigenvalue weighted by Gasteiger charge is -2.09. The number of aryl methyl sites for hydroxylation is 1. The van der Waals surface area contributed by atoms with Crippen LogP contribution >= 0.6 is 0 Å². The molecule has 1 heterocycles. The van der Waals surface area contributed by atoms with Gasteiger partial charge in [0.25, 0.3) is 5.91 Å². The van der Waals surface area contributed by atoms with E-state index in [0.29, 0.717) is 34.3 Å². The summed E-state index contributed by atoms with van der Waals surface area (Å²) in [5, 5.41) is 11.0. The van der Waals surface area contributed by atoms with Crippen LogP contribution in [-0.4, -0.2) is 31.5 Å². The van der Waals surface area contributed by atoms with Gasteiger partial charge in [-0.1, -0.05) is 44.2 Å². The Kier molecular flexibility index (Phi) is 9.80. The van der Waals surface area contributed by atoms with E-state index in [1.165, 1.54) is 0 Å². The minimum atomic E-state index is -1.26. The Morgan fingerprint density at radius 2 is 1.77 bits per heavy atom. The number of aromatic nitrogens is 3. The van der Waals surface area contributed by atoms with Gasteiger partial charge in [-0.3, -0.25) is 9.00 Å². The molecule has 3 aromatic carbocycles. The highest BCUT2D eigenvalue weighted by Gasteiger charge is 2.12. The molecule has 1 amide bonds. The molecule has 0 radical (unpaired) electrons. The quantitative estimate of drug-likeness (QED) is 0.207. The monoisotopic (exact) mass is 542 g/mol. The molecule has 0 spiro atoms. The molecule has 4 aromatic rings. The number of anilines is 1. The number of carbonyl (C=O) groups excluding carboxylic acids is 1.